The molecule has 23 heavy (non-hydrogen) atoms. The fourth-order valence-electron chi connectivity index (χ4n) is 2.71. The molecule has 0 heterocycles. The van der Waals surface area contributed by atoms with E-state index in [0.29, 0.717) is 12.5 Å². The Morgan fingerprint density at radius 3 is 2.00 bits per heavy atom. The second kappa shape index (κ2) is 8.39. The normalized spacial score (nSPS) is 12.5. The Bertz CT molecular complexity index is 496. The lowest BCUT2D eigenvalue weighted by Gasteiger charge is -2.29. The molecular formula is C20H33ClO2. The van der Waals surface area contributed by atoms with Gasteiger partial charge in [-0.2, -0.15) is 0 Å². The second-order valence-electron chi connectivity index (χ2n) is 7.99. The zero-order chi connectivity index (χ0) is 17.7. The van der Waals surface area contributed by atoms with E-state index in [1.807, 2.05) is 6.92 Å². The Labute approximate surface area is 147 Å². The third-order valence-electron chi connectivity index (χ3n) is 3.88. The summed E-state index contributed by atoms with van der Waals surface area (Å²) in [5, 5.41) is 0. The van der Waals surface area contributed by atoms with Crippen LogP contribution in [-0.2, 0) is 22.0 Å². The van der Waals surface area contributed by atoms with Gasteiger partial charge >= 0.3 is 0 Å². The molecule has 0 aliphatic carbocycles. The molecule has 0 radical (unpaired) electrons. The van der Waals surface area contributed by atoms with E-state index < -0.39 is 0 Å². The third kappa shape index (κ3) is 6.00. The van der Waals surface area contributed by atoms with Crippen molar-refractivity contribution in [1.29, 1.82) is 0 Å². The van der Waals surface area contributed by atoms with Crippen molar-refractivity contribution in [2.75, 3.05) is 25.7 Å². The average molecular weight is 341 g/mol. The van der Waals surface area contributed by atoms with Crippen molar-refractivity contribution in [1.82, 2.24) is 0 Å². The molecule has 0 aromatic heterocycles. The highest BCUT2D eigenvalue weighted by molar-refractivity contribution is 6.18. The van der Waals surface area contributed by atoms with Gasteiger partial charge in [-0.05, 0) is 46.9 Å². The second-order valence-corrected chi connectivity index (χ2v) is 8.37. The molecule has 0 saturated heterocycles. The first-order valence-corrected chi connectivity index (χ1v) is 9.09. The monoisotopic (exact) mass is 340 g/mol. The first kappa shape index (κ1) is 20.3. The molecule has 0 amide bonds. The first-order valence-electron chi connectivity index (χ1n) is 8.55. The van der Waals surface area contributed by atoms with Gasteiger partial charge in [0, 0.05) is 6.61 Å². The summed E-state index contributed by atoms with van der Waals surface area (Å²) in [6, 6.07) is 4.53. The van der Waals surface area contributed by atoms with Crippen molar-refractivity contribution in [2.45, 2.75) is 65.7 Å². The van der Waals surface area contributed by atoms with Gasteiger partial charge in [-0.15, -0.1) is 11.6 Å². The van der Waals surface area contributed by atoms with Crippen molar-refractivity contribution in [3.63, 3.8) is 0 Å². The van der Waals surface area contributed by atoms with Crippen LogP contribution in [-0.4, -0.2) is 25.7 Å². The summed E-state index contributed by atoms with van der Waals surface area (Å²) in [6.07, 6.45) is 0.930. The van der Waals surface area contributed by atoms with Crippen LogP contribution < -0.4 is 4.74 Å². The van der Waals surface area contributed by atoms with Crippen LogP contribution in [0, 0.1) is 0 Å². The fraction of sp³-hybridized carbons (Fsp3) is 0.700. The molecule has 0 fully saturated rings. The number of hydrogen-bond acceptors (Lipinski definition) is 2. The maximum atomic E-state index is 5.97. The molecule has 0 N–H and O–H groups in total. The predicted octanol–water partition coefficient (Wildman–Crippen LogP) is 5.48. The van der Waals surface area contributed by atoms with Gasteiger partial charge in [0.15, 0.2) is 0 Å². The van der Waals surface area contributed by atoms with Gasteiger partial charge < -0.3 is 9.47 Å². The molecule has 1 aromatic carbocycles. The van der Waals surface area contributed by atoms with Crippen molar-refractivity contribution >= 4 is 11.6 Å². The summed E-state index contributed by atoms with van der Waals surface area (Å²) in [6.45, 7) is 17.5. The maximum absolute atomic E-state index is 5.97. The Kier molecular flexibility index (Phi) is 7.41. The minimum Gasteiger partial charge on any atom is -0.492 e. The molecule has 1 aromatic rings. The predicted molar refractivity (Wildman–Crippen MR) is 100 cm³/mol. The minimum atomic E-state index is 0.0262. The molecular weight excluding hydrogens is 308 g/mol. The Morgan fingerprint density at radius 2 is 1.52 bits per heavy atom. The summed E-state index contributed by atoms with van der Waals surface area (Å²) in [4.78, 5) is 0. The maximum Gasteiger partial charge on any atom is 0.123 e. The topological polar surface area (TPSA) is 18.5 Å². The number of benzene rings is 1. The van der Waals surface area contributed by atoms with Crippen LogP contribution in [0.2, 0.25) is 0 Å². The molecule has 1 rings (SSSR count). The number of alkyl halides is 1. The average Bonchev–Trinajstić information content (AvgIpc) is 2.43. The lowest BCUT2D eigenvalue weighted by atomic mass is 9.78. The molecule has 0 bridgehead atoms. The number of rotatable bonds is 7. The van der Waals surface area contributed by atoms with Crippen molar-refractivity contribution in [3.8, 4) is 5.75 Å². The highest BCUT2D eigenvalue weighted by atomic mass is 35.5. The van der Waals surface area contributed by atoms with E-state index in [4.69, 9.17) is 21.1 Å². The largest absolute Gasteiger partial charge is 0.492 e. The number of ether oxygens (including phenoxy) is 2. The lowest BCUT2D eigenvalue weighted by Crippen LogP contribution is -2.20. The van der Waals surface area contributed by atoms with Crippen LogP contribution in [0.25, 0.3) is 0 Å². The Balaban J connectivity index is 3.36. The van der Waals surface area contributed by atoms with Gasteiger partial charge in [0.25, 0.3) is 0 Å². The molecule has 132 valence electrons. The molecule has 0 saturated carbocycles. The number of halogens is 1. The van der Waals surface area contributed by atoms with Gasteiger partial charge in [-0.1, -0.05) is 47.6 Å². The minimum absolute atomic E-state index is 0.0262. The van der Waals surface area contributed by atoms with E-state index in [-0.39, 0.29) is 10.8 Å². The Morgan fingerprint density at radius 1 is 0.913 bits per heavy atom. The molecule has 0 atom stereocenters. The Hall–Kier alpha value is -0.730. The van der Waals surface area contributed by atoms with E-state index in [0.717, 1.165) is 25.4 Å². The summed E-state index contributed by atoms with van der Waals surface area (Å²) in [5.41, 5.74) is 4.01. The van der Waals surface area contributed by atoms with Gasteiger partial charge in [0.05, 0.1) is 12.5 Å². The van der Waals surface area contributed by atoms with Crippen LogP contribution in [0.15, 0.2) is 12.1 Å². The smallest absolute Gasteiger partial charge is 0.123 e. The van der Waals surface area contributed by atoms with Gasteiger partial charge in [-0.25, -0.2) is 0 Å². The van der Waals surface area contributed by atoms with Crippen LogP contribution in [0.4, 0.5) is 0 Å². The van der Waals surface area contributed by atoms with E-state index in [1.54, 1.807) is 0 Å². The van der Waals surface area contributed by atoms with Crippen LogP contribution in [0.5, 0.6) is 5.75 Å². The van der Waals surface area contributed by atoms with Gasteiger partial charge in [0.2, 0.25) is 0 Å². The molecule has 0 spiro atoms. The van der Waals surface area contributed by atoms with E-state index in [1.165, 1.54) is 16.7 Å². The third-order valence-corrected chi connectivity index (χ3v) is 4.03. The lowest BCUT2D eigenvalue weighted by molar-refractivity contribution is 0.150. The number of hydrogen-bond donors (Lipinski definition) is 0. The summed E-state index contributed by atoms with van der Waals surface area (Å²) in [5.74, 6) is 1.46. The first-order chi connectivity index (χ1) is 10.6. The van der Waals surface area contributed by atoms with Crippen molar-refractivity contribution < 1.29 is 9.47 Å². The molecule has 0 unspecified atom stereocenters. The summed E-state index contributed by atoms with van der Waals surface area (Å²) < 4.78 is 11.5. The van der Waals surface area contributed by atoms with Gasteiger partial charge in [0.1, 0.15) is 12.4 Å². The summed E-state index contributed by atoms with van der Waals surface area (Å²) in [7, 11) is 0. The van der Waals surface area contributed by atoms with E-state index >= 15 is 0 Å². The zero-order valence-corrected chi connectivity index (χ0v) is 16.6. The van der Waals surface area contributed by atoms with Gasteiger partial charge in [-0.3, -0.25) is 0 Å². The SMILES string of the molecule is CCOCCc1cc(C(C)(C)C)c(OCCCl)cc1C(C)(C)C. The van der Waals surface area contributed by atoms with E-state index in [9.17, 15) is 0 Å². The fourth-order valence-corrected chi connectivity index (χ4v) is 2.79. The van der Waals surface area contributed by atoms with E-state index in [2.05, 4.69) is 53.7 Å². The zero-order valence-electron chi connectivity index (χ0n) is 15.9. The van der Waals surface area contributed by atoms with Crippen LogP contribution in [0.3, 0.4) is 0 Å². The molecule has 2 nitrogen and oxygen atoms in total. The van der Waals surface area contributed by atoms with Crippen LogP contribution >= 0.6 is 11.6 Å². The highest BCUT2D eigenvalue weighted by Crippen LogP contribution is 2.38. The van der Waals surface area contributed by atoms with Crippen molar-refractivity contribution in [2.24, 2.45) is 0 Å². The molecule has 0 aliphatic rings. The highest BCUT2D eigenvalue weighted by Gasteiger charge is 2.25. The standard InChI is InChI=1S/C20H33ClO2/c1-8-22-11-9-15-13-17(20(5,6)7)18(23-12-10-21)14-16(15)19(2,3)4/h13-14H,8-12H2,1-7H3. The molecule has 3 heteroatoms. The van der Waals surface area contributed by atoms with Crippen molar-refractivity contribution in [3.05, 3.63) is 28.8 Å². The van der Waals surface area contributed by atoms with Crippen LogP contribution in [0.1, 0.15) is 65.2 Å². The summed E-state index contributed by atoms with van der Waals surface area (Å²) >= 11 is 5.82. The molecule has 0 aliphatic heterocycles. The quantitative estimate of drug-likeness (QED) is 0.483.